The molecular weight excluding hydrogens is 487 g/mol. The van der Waals surface area contributed by atoms with Gasteiger partial charge in [0, 0.05) is 49.4 Å². The molecule has 3 aliphatic rings. The smallest absolute Gasteiger partial charge is 0.391 e. The molecule has 3 aliphatic heterocycles. The summed E-state index contributed by atoms with van der Waals surface area (Å²) < 4.78 is 55.9. The number of halogens is 3. The Morgan fingerprint density at radius 3 is 2.46 bits per heavy atom. The lowest BCUT2D eigenvalue weighted by atomic mass is 9.96. The summed E-state index contributed by atoms with van der Waals surface area (Å²) in [6, 6.07) is 13.2. The lowest BCUT2D eigenvalue weighted by Gasteiger charge is -2.34. The van der Waals surface area contributed by atoms with Gasteiger partial charge in [-0.1, -0.05) is 0 Å². The molecule has 200 valence electrons. The van der Waals surface area contributed by atoms with E-state index in [1.807, 2.05) is 47.4 Å². The number of nitrogens with one attached hydrogen (secondary N) is 1. The summed E-state index contributed by atoms with van der Waals surface area (Å²) in [5.74, 6) is -0.709. The Labute approximate surface area is 214 Å². The first kappa shape index (κ1) is 25.7. The van der Waals surface area contributed by atoms with E-state index in [2.05, 4.69) is 5.32 Å². The van der Waals surface area contributed by atoms with Crippen molar-refractivity contribution in [3.63, 3.8) is 0 Å². The minimum Gasteiger partial charge on any atom is -0.481 e. The summed E-state index contributed by atoms with van der Waals surface area (Å²) in [7, 11) is 0. The molecule has 2 aromatic carbocycles. The first-order valence-electron chi connectivity index (χ1n) is 12.9. The number of carbonyl (C=O) groups excluding carboxylic acids is 1. The van der Waals surface area contributed by atoms with Crippen molar-refractivity contribution in [2.45, 2.75) is 44.6 Å². The van der Waals surface area contributed by atoms with E-state index < -0.39 is 12.1 Å². The number of hydrogen-bond acceptors (Lipinski definition) is 6. The average Bonchev–Trinajstić information content (AvgIpc) is 2.91. The standard InChI is InChI=1S/C27H32F3N3O4/c28-27(29,30)19-10-12-32(13-11-19)22-7-4-20(5-8-22)31-21-6-9-23-24(17-21)37-18-25(34)33(23)14-16-36-26-3-1-2-15-35-26/h4-9,17,19,26,31H,1-3,10-16,18H2. The van der Waals surface area contributed by atoms with Gasteiger partial charge in [-0.2, -0.15) is 13.2 Å². The van der Waals surface area contributed by atoms with Gasteiger partial charge in [0.25, 0.3) is 5.91 Å². The van der Waals surface area contributed by atoms with E-state index in [1.165, 1.54) is 0 Å². The van der Waals surface area contributed by atoms with Crippen molar-refractivity contribution in [2.75, 3.05) is 54.6 Å². The van der Waals surface area contributed by atoms with Gasteiger partial charge in [-0.3, -0.25) is 4.79 Å². The molecule has 2 saturated heterocycles. The summed E-state index contributed by atoms with van der Waals surface area (Å²) in [5, 5.41) is 3.33. The fraction of sp³-hybridized carbons (Fsp3) is 0.519. The Balaban J connectivity index is 1.17. The molecule has 3 heterocycles. The third kappa shape index (κ3) is 6.30. The molecule has 1 amide bonds. The molecule has 5 rings (SSSR count). The third-order valence-corrected chi connectivity index (χ3v) is 7.14. The molecule has 2 fully saturated rings. The van der Waals surface area contributed by atoms with Crippen LogP contribution >= 0.6 is 0 Å². The molecule has 0 spiro atoms. The van der Waals surface area contributed by atoms with E-state index in [9.17, 15) is 18.0 Å². The number of benzene rings is 2. The number of nitrogens with zero attached hydrogens (tertiary/aromatic N) is 2. The molecule has 1 atom stereocenters. The summed E-state index contributed by atoms with van der Waals surface area (Å²) in [5.41, 5.74) is 3.26. The molecule has 37 heavy (non-hydrogen) atoms. The van der Waals surface area contributed by atoms with Crippen molar-refractivity contribution in [2.24, 2.45) is 5.92 Å². The van der Waals surface area contributed by atoms with Gasteiger partial charge >= 0.3 is 6.18 Å². The Bertz CT molecular complexity index is 1070. The first-order valence-corrected chi connectivity index (χ1v) is 12.9. The van der Waals surface area contributed by atoms with E-state index in [4.69, 9.17) is 14.2 Å². The van der Waals surface area contributed by atoms with Gasteiger partial charge in [-0.05, 0) is 68.5 Å². The fourth-order valence-electron chi connectivity index (χ4n) is 5.03. The summed E-state index contributed by atoms with van der Waals surface area (Å²) in [6.45, 7) is 2.28. The number of piperidine rings is 1. The Hall–Kier alpha value is -2.98. The molecule has 0 aromatic heterocycles. The number of alkyl halides is 3. The van der Waals surface area contributed by atoms with E-state index >= 15 is 0 Å². The van der Waals surface area contributed by atoms with Crippen LogP contribution in [0.5, 0.6) is 5.75 Å². The average molecular weight is 520 g/mol. The minimum absolute atomic E-state index is 0.0316. The number of amides is 1. The normalized spacial score (nSPS) is 20.9. The highest BCUT2D eigenvalue weighted by atomic mass is 19.4. The molecule has 1 unspecified atom stereocenters. The molecule has 0 aliphatic carbocycles. The molecule has 0 bridgehead atoms. The van der Waals surface area contributed by atoms with E-state index in [0.29, 0.717) is 44.3 Å². The van der Waals surface area contributed by atoms with Crippen molar-refractivity contribution in [3.05, 3.63) is 42.5 Å². The highest BCUT2D eigenvalue weighted by Crippen LogP contribution is 2.37. The highest BCUT2D eigenvalue weighted by Gasteiger charge is 2.41. The van der Waals surface area contributed by atoms with Gasteiger partial charge in [-0.15, -0.1) is 0 Å². The fourth-order valence-corrected chi connectivity index (χ4v) is 5.03. The number of ether oxygens (including phenoxy) is 3. The molecule has 0 saturated carbocycles. The first-order chi connectivity index (χ1) is 17.9. The van der Waals surface area contributed by atoms with Gasteiger partial charge in [0.1, 0.15) is 5.75 Å². The Morgan fingerprint density at radius 1 is 1.00 bits per heavy atom. The molecule has 10 heteroatoms. The maximum Gasteiger partial charge on any atom is 0.391 e. The molecular formula is C27H32F3N3O4. The Kier molecular flexibility index (Phi) is 7.76. The van der Waals surface area contributed by atoms with E-state index in [1.54, 1.807) is 4.90 Å². The van der Waals surface area contributed by atoms with Gasteiger partial charge in [0.05, 0.1) is 18.2 Å². The van der Waals surface area contributed by atoms with Crippen molar-refractivity contribution >= 4 is 28.7 Å². The van der Waals surface area contributed by atoms with Gasteiger partial charge in [0.15, 0.2) is 12.9 Å². The van der Waals surface area contributed by atoms with Crippen LogP contribution < -0.4 is 19.9 Å². The predicted molar refractivity (Wildman–Crippen MR) is 135 cm³/mol. The number of rotatable bonds is 7. The zero-order valence-electron chi connectivity index (χ0n) is 20.6. The Morgan fingerprint density at radius 2 is 1.76 bits per heavy atom. The predicted octanol–water partition coefficient (Wildman–Crippen LogP) is 5.48. The highest BCUT2D eigenvalue weighted by molar-refractivity contribution is 5.98. The second-order valence-corrected chi connectivity index (χ2v) is 9.66. The monoisotopic (exact) mass is 519 g/mol. The van der Waals surface area contributed by atoms with Crippen molar-refractivity contribution in [1.29, 1.82) is 0 Å². The molecule has 1 N–H and O–H groups in total. The largest absolute Gasteiger partial charge is 0.481 e. The number of hydrogen-bond donors (Lipinski definition) is 1. The van der Waals surface area contributed by atoms with Crippen LogP contribution in [0.4, 0.5) is 35.9 Å². The van der Waals surface area contributed by atoms with Crippen molar-refractivity contribution in [1.82, 2.24) is 0 Å². The summed E-state index contributed by atoms with van der Waals surface area (Å²) in [6.07, 6.45) is -1.05. The topological polar surface area (TPSA) is 63.3 Å². The van der Waals surface area contributed by atoms with Crippen LogP contribution in [0.2, 0.25) is 0 Å². The third-order valence-electron chi connectivity index (χ3n) is 7.14. The maximum absolute atomic E-state index is 12.9. The minimum atomic E-state index is -4.11. The van der Waals surface area contributed by atoms with Crippen LogP contribution in [-0.2, 0) is 14.3 Å². The zero-order valence-corrected chi connectivity index (χ0v) is 20.6. The van der Waals surface area contributed by atoms with Crippen LogP contribution in [0.25, 0.3) is 0 Å². The summed E-state index contributed by atoms with van der Waals surface area (Å²) in [4.78, 5) is 16.2. The molecule has 2 aromatic rings. The summed E-state index contributed by atoms with van der Waals surface area (Å²) >= 11 is 0. The van der Waals surface area contributed by atoms with Crippen LogP contribution in [0.15, 0.2) is 42.5 Å². The van der Waals surface area contributed by atoms with Crippen molar-refractivity contribution < 1.29 is 32.2 Å². The maximum atomic E-state index is 12.9. The van der Waals surface area contributed by atoms with Crippen molar-refractivity contribution in [3.8, 4) is 5.75 Å². The van der Waals surface area contributed by atoms with E-state index in [-0.39, 0.29) is 31.6 Å². The quantitative estimate of drug-likeness (QED) is 0.523. The van der Waals surface area contributed by atoms with Crippen LogP contribution in [0.3, 0.4) is 0 Å². The number of fused-ring (bicyclic) bond motifs is 1. The van der Waals surface area contributed by atoms with Gasteiger partial charge < -0.3 is 29.3 Å². The van der Waals surface area contributed by atoms with Crippen LogP contribution in [-0.4, -0.2) is 57.8 Å². The van der Waals surface area contributed by atoms with Gasteiger partial charge in [0.2, 0.25) is 0 Å². The molecule has 0 radical (unpaired) electrons. The lowest BCUT2D eigenvalue weighted by Crippen LogP contribution is -2.41. The number of carbonyl (C=O) groups is 1. The lowest BCUT2D eigenvalue weighted by molar-refractivity contribution is -0.179. The molecule has 7 nitrogen and oxygen atoms in total. The zero-order chi connectivity index (χ0) is 25.8. The van der Waals surface area contributed by atoms with E-state index in [0.717, 1.165) is 36.3 Å². The second kappa shape index (κ2) is 11.2. The second-order valence-electron chi connectivity index (χ2n) is 9.66. The number of anilines is 4. The van der Waals surface area contributed by atoms with Crippen LogP contribution in [0.1, 0.15) is 32.1 Å². The SMILES string of the molecule is O=C1COc2cc(Nc3ccc(N4CCC(C(F)(F)F)CC4)cc3)ccc2N1CCOC1CCCCO1. The van der Waals surface area contributed by atoms with Gasteiger partial charge in [-0.25, -0.2) is 0 Å². The van der Waals surface area contributed by atoms with Crippen LogP contribution in [0, 0.1) is 5.92 Å².